The van der Waals surface area contributed by atoms with Gasteiger partial charge >= 0.3 is 5.97 Å². The summed E-state index contributed by atoms with van der Waals surface area (Å²) >= 11 is 6.03. The molecule has 0 saturated heterocycles. The molecule has 2 aromatic rings. The molecule has 1 N–H and O–H groups in total. The maximum Gasteiger partial charge on any atom is 0.337 e. The third kappa shape index (κ3) is 3.78. The number of esters is 1. The highest BCUT2D eigenvalue weighted by molar-refractivity contribution is 6.32. The van der Waals surface area contributed by atoms with Crippen molar-refractivity contribution in [3.05, 3.63) is 52.5 Å². The van der Waals surface area contributed by atoms with Crippen molar-refractivity contribution in [1.29, 1.82) is 0 Å². The molecule has 0 aliphatic heterocycles. The summed E-state index contributed by atoms with van der Waals surface area (Å²) in [7, 11) is 4.24. The molecule has 0 unspecified atom stereocenters. The molecule has 0 aromatic heterocycles. The van der Waals surface area contributed by atoms with Crippen LogP contribution < -0.4 is 14.8 Å². The molecular weight excluding hydrogens is 334 g/mol. The van der Waals surface area contributed by atoms with Crippen LogP contribution in [0.4, 0.5) is 5.69 Å². The molecule has 0 spiro atoms. The molecule has 1 amide bonds. The highest BCUT2D eigenvalue weighted by Crippen LogP contribution is 2.28. The number of methoxy groups -OCH3 is 3. The average Bonchev–Trinajstić information content (AvgIpc) is 2.60. The van der Waals surface area contributed by atoms with Crippen molar-refractivity contribution in [3.8, 4) is 11.5 Å². The number of carbonyl (C=O) groups is 2. The molecule has 7 heteroatoms. The summed E-state index contributed by atoms with van der Waals surface area (Å²) in [5.74, 6) is -0.0328. The van der Waals surface area contributed by atoms with E-state index < -0.39 is 11.9 Å². The second-order valence-electron chi connectivity index (χ2n) is 4.71. The van der Waals surface area contributed by atoms with E-state index in [9.17, 15) is 9.59 Å². The zero-order valence-electron chi connectivity index (χ0n) is 13.4. The van der Waals surface area contributed by atoms with Gasteiger partial charge in [-0.25, -0.2) is 4.79 Å². The summed E-state index contributed by atoms with van der Waals surface area (Å²) < 4.78 is 14.9. The number of nitrogens with one attached hydrogen (secondary N) is 1. The maximum atomic E-state index is 12.4. The lowest BCUT2D eigenvalue weighted by atomic mass is 10.1. The summed E-state index contributed by atoms with van der Waals surface area (Å²) in [5, 5.41) is 3.01. The molecule has 0 aliphatic rings. The van der Waals surface area contributed by atoms with E-state index in [1.54, 1.807) is 24.3 Å². The lowest BCUT2D eigenvalue weighted by molar-refractivity contribution is 0.0600. The van der Waals surface area contributed by atoms with Gasteiger partial charge in [-0.2, -0.15) is 0 Å². The molecule has 24 heavy (non-hydrogen) atoms. The molecule has 0 fully saturated rings. The van der Waals surface area contributed by atoms with E-state index >= 15 is 0 Å². The first kappa shape index (κ1) is 17.6. The van der Waals surface area contributed by atoms with Crippen LogP contribution in [0.15, 0.2) is 36.4 Å². The number of anilines is 1. The molecule has 0 aliphatic carbocycles. The first-order chi connectivity index (χ1) is 11.5. The Morgan fingerprint density at radius 3 is 2.12 bits per heavy atom. The number of benzene rings is 2. The normalized spacial score (nSPS) is 10.0. The van der Waals surface area contributed by atoms with Crippen LogP contribution in [-0.4, -0.2) is 33.2 Å². The van der Waals surface area contributed by atoms with Gasteiger partial charge in [-0.15, -0.1) is 0 Å². The fraction of sp³-hybridized carbons (Fsp3) is 0.176. The molecule has 126 valence electrons. The number of halogens is 1. The predicted molar refractivity (Wildman–Crippen MR) is 90.3 cm³/mol. The Morgan fingerprint density at radius 2 is 1.54 bits per heavy atom. The molecule has 0 saturated carbocycles. The maximum absolute atomic E-state index is 12.4. The Hall–Kier alpha value is -2.73. The van der Waals surface area contributed by atoms with E-state index in [2.05, 4.69) is 10.1 Å². The van der Waals surface area contributed by atoms with E-state index in [-0.39, 0.29) is 0 Å². The van der Waals surface area contributed by atoms with E-state index in [0.29, 0.717) is 33.3 Å². The molecule has 0 atom stereocenters. The van der Waals surface area contributed by atoms with Crippen molar-refractivity contribution >= 4 is 29.2 Å². The van der Waals surface area contributed by atoms with Crippen LogP contribution >= 0.6 is 11.6 Å². The second kappa shape index (κ2) is 7.70. The standard InChI is InChI=1S/C17H16ClNO5/c1-22-14-6-4-10(8-12(14)18)16(20)19-13-9-11(17(21)24-3)5-7-15(13)23-2/h4-9H,1-3H3,(H,19,20). The zero-order chi connectivity index (χ0) is 17.7. The number of amides is 1. The van der Waals surface area contributed by atoms with Crippen molar-refractivity contribution in [1.82, 2.24) is 0 Å². The fourth-order valence-electron chi connectivity index (χ4n) is 2.05. The van der Waals surface area contributed by atoms with Crippen molar-refractivity contribution in [2.45, 2.75) is 0 Å². The summed E-state index contributed by atoms with van der Waals surface area (Å²) in [6.45, 7) is 0. The number of carbonyl (C=O) groups excluding carboxylic acids is 2. The van der Waals surface area contributed by atoms with Gasteiger partial charge < -0.3 is 19.5 Å². The number of ether oxygens (including phenoxy) is 3. The van der Waals surface area contributed by atoms with Gasteiger partial charge in [0.2, 0.25) is 0 Å². The third-order valence-electron chi connectivity index (χ3n) is 3.28. The molecular formula is C17H16ClNO5. The van der Waals surface area contributed by atoms with Gasteiger partial charge in [0.25, 0.3) is 5.91 Å². The van der Waals surface area contributed by atoms with Crippen LogP contribution in [-0.2, 0) is 4.74 Å². The van der Waals surface area contributed by atoms with Gasteiger partial charge in [0.05, 0.1) is 37.6 Å². The first-order valence-electron chi connectivity index (χ1n) is 6.91. The summed E-state index contributed by atoms with van der Waals surface area (Å²) in [5.41, 5.74) is 0.977. The van der Waals surface area contributed by atoms with Crippen molar-refractivity contribution in [2.24, 2.45) is 0 Å². The molecule has 0 radical (unpaired) electrons. The summed E-state index contributed by atoms with van der Waals surface area (Å²) in [6.07, 6.45) is 0. The van der Waals surface area contributed by atoms with E-state index in [1.165, 1.54) is 33.5 Å². The number of rotatable bonds is 5. The summed E-state index contributed by atoms with van der Waals surface area (Å²) in [6, 6.07) is 9.27. The Labute approximate surface area is 144 Å². The Bertz CT molecular complexity index is 776. The van der Waals surface area contributed by atoms with Crippen molar-refractivity contribution in [3.63, 3.8) is 0 Å². The van der Waals surface area contributed by atoms with Gasteiger partial charge in [-0.3, -0.25) is 4.79 Å². The molecule has 0 bridgehead atoms. The SMILES string of the molecule is COC(=O)c1ccc(OC)c(NC(=O)c2ccc(OC)c(Cl)c2)c1. The van der Waals surface area contributed by atoms with Gasteiger partial charge in [0.15, 0.2) is 0 Å². The molecule has 0 heterocycles. The smallest absolute Gasteiger partial charge is 0.337 e. The van der Waals surface area contributed by atoms with Crippen LogP contribution in [0.5, 0.6) is 11.5 Å². The minimum Gasteiger partial charge on any atom is -0.495 e. The van der Waals surface area contributed by atoms with Crippen LogP contribution in [0.3, 0.4) is 0 Å². The van der Waals surface area contributed by atoms with E-state index in [1.807, 2.05) is 0 Å². The van der Waals surface area contributed by atoms with Gasteiger partial charge in [0, 0.05) is 5.56 Å². The monoisotopic (exact) mass is 349 g/mol. The minimum absolute atomic E-state index is 0.293. The van der Waals surface area contributed by atoms with E-state index in [0.717, 1.165) is 0 Å². The Kier molecular flexibility index (Phi) is 5.65. The zero-order valence-corrected chi connectivity index (χ0v) is 14.1. The van der Waals surface area contributed by atoms with Crippen LogP contribution in [0, 0.1) is 0 Å². The largest absolute Gasteiger partial charge is 0.495 e. The van der Waals surface area contributed by atoms with Crippen LogP contribution in [0.1, 0.15) is 20.7 Å². The Morgan fingerprint density at radius 1 is 0.917 bits per heavy atom. The predicted octanol–water partition coefficient (Wildman–Crippen LogP) is 3.40. The first-order valence-corrected chi connectivity index (χ1v) is 7.29. The van der Waals surface area contributed by atoms with Gasteiger partial charge in [0.1, 0.15) is 11.5 Å². The number of hydrogen-bond acceptors (Lipinski definition) is 5. The van der Waals surface area contributed by atoms with E-state index in [4.69, 9.17) is 21.1 Å². The summed E-state index contributed by atoms with van der Waals surface area (Å²) in [4.78, 5) is 24.0. The molecule has 2 aromatic carbocycles. The van der Waals surface area contributed by atoms with Crippen LogP contribution in [0.2, 0.25) is 5.02 Å². The lowest BCUT2D eigenvalue weighted by Gasteiger charge is -2.12. The number of hydrogen-bond donors (Lipinski definition) is 1. The highest BCUT2D eigenvalue weighted by Gasteiger charge is 2.15. The molecule has 2 rings (SSSR count). The van der Waals surface area contributed by atoms with Crippen molar-refractivity contribution < 1.29 is 23.8 Å². The minimum atomic E-state index is -0.513. The van der Waals surface area contributed by atoms with Crippen LogP contribution in [0.25, 0.3) is 0 Å². The van der Waals surface area contributed by atoms with Crippen molar-refractivity contribution in [2.75, 3.05) is 26.6 Å². The third-order valence-corrected chi connectivity index (χ3v) is 3.58. The average molecular weight is 350 g/mol. The quantitative estimate of drug-likeness (QED) is 0.837. The lowest BCUT2D eigenvalue weighted by Crippen LogP contribution is -2.13. The van der Waals surface area contributed by atoms with Gasteiger partial charge in [-0.1, -0.05) is 11.6 Å². The van der Waals surface area contributed by atoms with Gasteiger partial charge in [-0.05, 0) is 36.4 Å². The highest BCUT2D eigenvalue weighted by atomic mass is 35.5. The second-order valence-corrected chi connectivity index (χ2v) is 5.12. The topological polar surface area (TPSA) is 73.9 Å². The fourth-order valence-corrected chi connectivity index (χ4v) is 2.31. The molecule has 6 nitrogen and oxygen atoms in total. The Balaban J connectivity index is 2.30.